The van der Waals surface area contributed by atoms with E-state index in [1.54, 1.807) is 27.0 Å². The van der Waals surface area contributed by atoms with E-state index in [-0.39, 0.29) is 5.92 Å². The number of pyridine rings is 1. The van der Waals surface area contributed by atoms with E-state index in [2.05, 4.69) is 16.0 Å². The van der Waals surface area contributed by atoms with Crippen LogP contribution in [0.2, 0.25) is 5.02 Å². The summed E-state index contributed by atoms with van der Waals surface area (Å²) in [6.07, 6.45) is 5.06. The van der Waals surface area contributed by atoms with Gasteiger partial charge in [0.15, 0.2) is 5.60 Å². The molecule has 1 aromatic heterocycles. The van der Waals surface area contributed by atoms with E-state index in [0.717, 1.165) is 60.6 Å². The lowest BCUT2D eigenvalue weighted by atomic mass is 9.84. The van der Waals surface area contributed by atoms with Gasteiger partial charge in [-0.15, -0.1) is 0 Å². The summed E-state index contributed by atoms with van der Waals surface area (Å²) in [5, 5.41) is 11.9. The van der Waals surface area contributed by atoms with Crippen molar-refractivity contribution >= 4 is 17.6 Å². The molecule has 0 aliphatic carbocycles. The molecule has 0 radical (unpaired) electrons. The van der Waals surface area contributed by atoms with Gasteiger partial charge in [0.05, 0.1) is 17.9 Å². The minimum Gasteiger partial charge on any atom is -0.487 e. The molecule has 1 unspecified atom stereocenters. The van der Waals surface area contributed by atoms with Gasteiger partial charge in [0.2, 0.25) is 0 Å². The lowest BCUT2D eigenvalue weighted by molar-refractivity contribution is -0.158. The Hall–Kier alpha value is -3.13. The second-order valence-electron chi connectivity index (χ2n) is 11.4. The maximum absolute atomic E-state index is 12.5. The van der Waals surface area contributed by atoms with Gasteiger partial charge in [-0.25, -0.2) is 4.79 Å². The molecule has 8 heteroatoms. The first-order valence-corrected chi connectivity index (χ1v) is 14.8. The van der Waals surface area contributed by atoms with Crippen molar-refractivity contribution in [3.05, 3.63) is 88.2 Å². The van der Waals surface area contributed by atoms with Crippen LogP contribution in [0.25, 0.3) is 0 Å². The molecule has 0 bridgehead atoms. The zero-order chi connectivity index (χ0) is 29.0. The van der Waals surface area contributed by atoms with Crippen LogP contribution in [0.3, 0.4) is 0 Å². The number of nitrogens with zero attached hydrogens (tertiary/aromatic N) is 2. The Morgan fingerprint density at radius 1 is 1.15 bits per heavy atom. The number of halogens is 1. The number of benzene rings is 2. The van der Waals surface area contributed by atoms with Crippen LogP contribution >= 0.6 is 11.6 Å². The highest BCUT2D eigenvalue weighted by atomic mass is 35.5. The van der Waals surface area contributed by atoms with E-state index < -0.39 is 17.2 Å². The van der Waals surface area contributed by atoms with Gasteiger partial charge in [-0.2, -0.15) is 0 Å². The molecule has 5 rings (SSSR count). The summed E-state index contributed by atoms with van der Waals surface area (Å²) in [4.78, 5) is 19.5. The minimum atomic E-state index is -1.12. The average Bonchev–Trinajstić information content (AvgIpc) is 3.11. The Labute approximate surface area is 247 Å². The van der Waals surface area contributed by atoms with Crippen molar-refractivity contribution in [2.24, 2.45) is 0 Å². The van der Waals surface area contributed by atoms with Gasteiger partial charge in [-0.1, -0.05) is 29.8 Å². The molecule has 0 saturated carbocycles. The fourth-order valence-corrected chi connectivity index (χ4v) is 5.99. The molecule has 1 fully saturated rings. The van der Waals surface area contributed by atoms with Crippen LogP contribution in [0.1, 0.15) is 74.8 Å². The standard InChI is InChI=1S/C33H39ClN2O5/c1-4-39-31(37)32(2,3)41-25-13-14-30-28(21-25)26(27-7-5-17-35-29(27)22-40-30)8-6-18-36-19-15-33(38,16-20-36)23-9-11-24(34)12-10-23/h5,7,9-14,17,21,26,38H,4,6,8,15-16,18-20,22H2,1-3H3. The summed E-state index contributed by atoms with van der Waals surface area (Å²) in [5.74, 6) is 1.07. The van der Waals surface area contributed by atoms with Gasteiger partial charge in [0.25, 0.3) is 0 Å². The fraction of sp³-hybridized carbons (Fsp3) is 0.455. The molecule has 2 aromatic carbocycles. The maximum Gasteiger partial charge on any atom is 0.349 e. The number of aliphatic hydroxyl groups is 1. The van der Waals surface area contributed by atoms with Gasteiger partial charge in [-0.3, -0.25) is 4.98 Å². The smallest absolute Gasteiger partial charge is 0.349 e. The predicted molar refractivity (Wildman–Crippen MR) is 158 cm³/mol. The number of esters is 1. The third-order valence-electron chi connectivity index (χ3n) is 8.19. The van der Waals surface area contributed by atoms with Crippen LogP contribution < -0.4 is 9.47 Å². The number of carbonyl (C=O) groups excluding carboxylic acids is 1. The highest BCUT2D eigenvalue weighted by molar-refractivity contribution is 6.30. The van der Waals surface area contributed by atoms with Crippen LogP contribution in [0.5, 0.6) is 11.5 Å². The first-order chi connectivity index (χ1) is 19.7. The van der Waals surface area contributed by atoms with Gasteiger partial charge >= 0.3 is 5.97 Å². The van der Waals surface area contributed by atoms with Crippen LogP contribution in [0.15, 0.2) is 60.8 Å². The number of rotatable bonds is 9. The lowest BCUT2D eigenvalue weighted by Gasteiger charge is -2.38. The second kappa shape index (κ2) is 12.4. The van der Waals surface area contributed by atoms with Crippen LogP contribution in [0, 0.1) is 0 Å². The summed E-state index contributed by atoms with van der Waals surface area (Å²) in [5.41, 5.74) is 2.14. The van der Waals surface area contributed by atoms with Crippen molar-refractivity contribution in [1.82, 2.24) is 9.88 Å². The van der Waals surface area contributed by atoms with Crippen molar-refractivity contribution in [3.63, 3.8) is 0 Å². The summed E-state index contributed by atoms with van der Waals surface area (Å²) in [6.45, 7) is 8.53. The number of fused-ring (bicyclic) bond motifs is 2. The first kappa shape index (κ1) is 29.4. The molecule has 3 heterocycles. The van der Waals surface area contributed by atoms with Crippen molar-refractivity contribution in [1.29, 1.82) is 0 Å². The highest BCUT2D eigenvalue weighted by Gasteiger charge is 2.35. The zero-order valence-corrected chi connectivity index (χ0v) is 24.8. The molecule has 2 aliphatic rings. The van der Waals surface area contributed by atoms with E-state index in [0.29, 0.717) is 36.8 Å². The highest BCUT2D eigenvalue weighted by Crippen LogP contribution is 2.42. The van der Waals surface area contributed by atoms with E-state index in [1.807, 2.05) is 48.5 Å². The topological polar surface area (TPSA) is 81.1 Å². The summed E-state index contributed by atoms with van der Waals surface area (Å²) in [6, 6.07) is 17.4. The number of carbonyl (C=O) groups is 1. The van der Waals surface area contributed by atoms with Crippen LogP contribution in [-0.2, 0) is 21.7 Å². The van der Waals surface area contributed by atoms with Crippen molar-refractivity contribution in [2.75, 3.05) is 26.2 Å². The number of piperidine rings is 1. The molecule has 41 heavy (non-hydrogen) atoms. The van der Waals surface area contributed by atoms with Gasteiger partial charge in [0, 0.05) is 35.8 Å². The molecule has 7 nitrogen and oxygen atoms in total. The molecule has 2 aliphatic heterocycles. The molecule has 0 amide bonds. The lowest BCUT2D eigenvalue weighted by Crippen LogP contribution is -2.42. The molecule has 0 spiro atoms. The van der Waals surface area contributed by atoms with E-state index in [9.17, 15) is 9.90 Å². The molecule has 1 N–H and O–H groups in total. The second-order valence-corrected chi connectivity index (χ2v) is 11.9. The Morgan fingerprint density at radius 3 is 2.63 bits per heavy atom. The van der Waals surface area contributed by atoms with Gasteiger partial charge in [0.1, 0.15) is 18.1 Å². The quantitative estimate of drug-likeness (QED) is 0.301. The summed E-state index contributed by atoms with van der Waals surface area (Å²) >= 11 is 6.05. The fourth-order valence-electron chi connectivity index (χ4n) is 5.86. The zero-order valence-electron chi connectivity index (χ0n) is 24.1. The Balaban J connectivity index is 1.29. The van der Waals surface area contributed by atoms with E-state index >= 15 is 0 Å². The average molecular weight is 579 g/mol. The Morgan fingerprint density at radius 2 is 1.90 bits per heavy atom. The monoisotopic (exact) mass is 578 g/mol. The number of hydrogen-bond donors (Lipinski definition) is 1. The molecular formula is C33H39ClN2O5. The van der Waals surface area contributed by atoms with Crippen LogP contribution in [-0.4, -0.2) is 52.8 Å². The number of aromatic nitrogens is 1. The van der Waals surface area contributed by atoms with Crippen molar-refractivity contribution < 1.29 is 24.1 Å². The van der Waals surface area contributed by atoms with Gasteiger partial charge < -0.3 is 24.2 Å². The molecule has 3 aromatic rings. The Kier molecular flexibility index (Phi) is 8.88. The molecule has 218 valence electrons. The van der Waals surface area contributed by atoms with E-state index in [4.69, 9.17) is 25.8 Å². The normalized spacial score (nSPS) is 18.4. The number of likely N-dealkylation sites (tertiary alicyclic amines) is 1. The number of ether oxygens (including phenoxy) is 3. The number of hydrogen-bond acceptors (Lipinski definition) is 7. The predicted octanol–water partition coefficient (Wildman–Crippen LogP) is 6.24. The first-order valence-electron chi connectivity index (χ1n) is 14.5. The maximum atomic E-state index is 12.5. The largest absolute Gasteiger partial charge is 0.487 e. The molecule has 1 atom stereocenters. The van der Waals surface area contributed by atoms with Crippen molar-refractivity contribution in [2.45, 2.75) is 70.2 Å². The van der Waals surface area contributed by atoms with E-state index in [1.165, 1.54) is 0 Å². The molecular weight excluding hydrogens is 540 g/mol. The Bertz CT molecular complexity index is 1350. The van der Waals surface area contributed by atoms with Crippen molar-refractivity contribution in [3.8, 4) is 11.5 Å². The summed E-state index contributed by atoms with van der Waals surface area (Å²) < 4.78 is 17.5. The third kappa shape index (κ3) is 6.69. The minimum absolute atomic E-state index is 0.0706. The SMILES string of the molecule is CCOC(=O)C(C)(C)Oc1ccc2c(c1)C(CCCN1CCC(O)(c3ccc(Cl)cc3)CC1)c1cccnc1CO2. The molecule has 1 saturated heterocycles. The third-order valence-corrected chi connectivity index (χ3v) is 8.45. The summed E-state index contributed by atoms with van der Waals surface area (Å²) in [7, 11) is 0. The van der Waals surface area contributed by atoms with Gasteiger partial charge in [-0.05, 0) is 101 Å². The van der Waals surface area contributed by atoms with Crippen LogP contribution in [0.4, 0.5) is 0 Å².